The van der Waals surface area contributed by atoms with Crippen molar-refractivity contribution in [3.8, 4) is 0 Å². The van der Waals surface area contributed by atoms with Crippen LogP contribution >= 0.6 is 0 Å². The highest BCUT2D eigenvalue weighted by Crippen LogP contribution is 1.96. The minimum Gasteiger partial charge on any atom is -0.634 e. The Kier molecular flexibility index (Phi) is 2.24. The van der Waals surface area contributed by atoms with E-state index in [-0.39, 0.29) is 11.0 Å². The lowest BCUT2D eigenvalue weighted by Crippen LogP contribution is -3.19. The van der Waals surface area contributed by atoms with Crippen LogP contribution < -0.4 is 5.06 Å². The third kappa shape index (κ3) is 1.27. The Morgan fingerprint density at radius 3 is 2.90 bits per heavy atom. The standard InChI is InChI=1S/C6H11NO3/c1-2-10-6(8)5-3-4-7(5)9/h5,7H,2-4H2,1H3/t5-/m0/s1. The fourth-order valence-corrected chi connectivity index (χ4v) is 0.899. The van der Waals surface area contributed by atoms with Crippen LogP contribution in [0.25, 0.3) is 0 Å². The van der Waals surface area contributed by atoms with Crippen LogP contribution in [0, 0.1) is 5.21 Å². The van der Waals surface area contributed by atoms with Crippen molar-refractivity contribution >= 4 is 5.97 Å². The molecule has 1 aliphatic heterocycles. The van der Waals surface area contributed by atoms with Crippen molar-refractivity contribution in [1.82, 2.24) is 0 Å². The molecule has 1 fully saturated rings. The first-order chi connectivity index (χ1) is 4.75. The molecule has 0 aromatic rings. The van der Waals surface area contributed by atoms with E-state index in [1.165, 1.54) is 0 Å². The van der Waals surface area contributed by atoms with E-state index in [2.05, 4.69) is 4.74 Å². The Morgan fingerprint density at radius 2 is 2.60 bits per heavy atom. The summed E-state index contributed by atoms with van der Waals surface area (Å²) in [6.45, 7) is 2.65. The molecule has 1 aliphatic rings. The van der Waals surface area contributed by atoms with Gasteiger partial charge in [-0.15, -0.1) is 0 Å². The van der Waals surface area contributed by atoms with E-state index in [0.717, 1.165) is 0 Å². The number of ether oxygens (including phenoxy) is 1. The lowest BCUT2D eigenvalue weighted by molar-refractivity contribution is -0.909. The maximum atomic E-state index is 10.8. The fourth-order valence-electron chi connectivity index (χ4n) is 0.899. The summed E-state index contributed by atoms with van der Waals surface area (Å²) >= 11 is 0. The van der Waals surface area contributed by atoms with Crippen molar-refractivity contribution in [2.45, 2.75) is 19.4 Å². The number of quaternary nitrogens is 1. The van der Waals surface area contributed by atoms with Crippen LogP contribution in [-0.2, 0) is 9.53 Å². The van der Waals surface area contributed by atoms with Crippen molar-refractivity contribution in [2.75, 3.05) is 13.2 Å². The van der Waals surface area contributed by atoms with Gasteiger partial charge in [-0.2, -0.15) is 0 Å². The number of hydrogen-bond donors (Lipinski definition) is 1. The first-order valence-corrected chi connectivity index (χ1v) is 3.45. The summed E-state index contributed by atoms with van der Waals surface area (Å²) in [5.41, 5.74) is 0. The Labute approximate surface area is 59.3 Å². The van der Waals surface area contributed by atoms with Crippen molar-refractivity contribution < 1.29 is 14.6 Å². The van der Waals surface area contributed by atoms with E-state index < -0.39 is 6.04 Å². The molecular formula is C6H11NO3. The molecule has 1 N–H and O–H groups in total. The average molecular weight is 145 g/mol. The van der Waals surface area contributed by atoms with Crippen LogP contribution in [0.4, 0.5) is 0 Å². The summed E-state index contributed by atoms with van der Waals surface area (Å²) in [4.78, 5) is 10.8. The molecule has 0 aliphatic carbocycles. The maximum Gasteiger partial charge on any atom is 0.365 e. The summed E-state index contributed by atoms with van der Waals surface area (Å²) < 4.78 is 4.66. The van der Waals surface area contributed by atoms with Gasteiger partial charge < -0.3 is 15.0 Å². The topological polar surface area (TPSA) is 53.8 Å². The van der Waals surface area contributed by atoms with Gasteiger partial charge in [0.15, 0.2) is 6.04 Å². The highest BCUT2D eigenvalue weighted by Gasteiger charge is 2.34. The summed E-state index contributed by atoms with van der Waals surface area (Å²) in [6.07, 6.45) is 0.678. The van der Waals surface area contributed by atoms with E-state index in [1.807, 2.05) is 0 Å². The van der Waals surface area contributed by atoms with Gasteiger partial charge in [-0.1, -0.05) is 0 Å². The lowest BCUT2D eigenvalue weighted by Gasteiger charge is -2.37. The van der Waals surface area contributed by atoms with Crippen molar-refractivity contribution in [3.63, 3.8) is 0 Å². The molecule has 0 bridgehead atoms. The van der Waals surface area contributed by atoms with Gasteiger partial charge in [0.05, 0.1) is 19.6 Å². The van der Waals surface area contributed by atoms with Crippen molar-refractivity contribution in [3.05, 3.63) is 5.21 Å². The second-order valence-corrected chi connectivity index (χ2v) is 2.31. The number of carbonyl (C=O) groups excluding carboxylic acids is 1. The van der Waals surface area contributed by atoms with Crippen LogP contribution in [0.15, 0.2) is 0 Å². The number of rotatable bonds is 2. The normalized spacial score (nSPS) is 31.0. The van der Waals surface area contributed by atoms with Crippen molar-refractivity contribution in [2.24, 2.45) is 0 Å². The van der Waals surface area contributed by atoms with Gasteiger partial charge in [-0.05, 0) is 6.92 Å². The first-order valence-electron chi connectivity index (χ1n) is 3.45. The van der Waals surface area contributed by atoms with Crippen LogP contribution in [0.1, 0.15) is 13.3 Å². The first kappa shape index (κ1) is 7.50. The zero-order chi connectivity index (χ0) is 7.56. The largest absolute Gasteiger partial charge is 0.634 e. The highest BCUT2D eigenvalue weighted by molar-refractivity contribution is 5.74. The lowest BCUT2D eigenvalue weighted by atomic mass is 10.1. The van der Waals surface area contributed by atoms with Crippen LogP contribution in [0.2, 0.25) is 0 Å². The molecule has 58 valence electrons. The van der Waals surface area contributed by atoms with Gasteiger partial charge in [-0.3, -0.25) is 0 Å². The smallest absolute Gasteiger partial charge is 0.365 e. The third-order valence-corrected chi connectivity index (χ3v) is 1.64. The van der Waals surface area contributed by atoms with Crippen LogP contribution in [-0.4, -0.2) is 25.2 Å². The number of carbonyl (C=O) groups is 1. The molecule has 4 nitrogen and oxygen atoms in total. The molecule has 0 spiro atoms. The number of nitrogens with one attached hydrogen (secondary N) is 1. The summed E-state index contributed by atoms with van der Waals surface area (Å²) in [5.74, 6) is -0.348. The Bertz CT molecular complexity index is 137. The van der Waals surface area contributed by atoms with Gasteiger partial charge >= 0.3 is 5.97 Å². The zero-order valence-corrected chi connectivity index (χ0v) is 5.92. The molecule has 0 saturated carbocycles. The van der Waals surface area contributed by atoms with E-state index in [1.54, 1.807) is 6.92 Å². The molecule has 2 atom stereocenters. The molecule has 0 amide bonds. The number of hydroxylamine groups is 2. The number of hydrogen-bond acceptors (Lipinski definition) is 3. The quantitative estimate of drug-likeness (QED) is 0.388. The molecule has 10 heavy (non-hydrogen) atoms. The summed E-state index contributed by atoms with van der Waals surface area (Å²) in [5, 5.41) is 10.7. The molecule has 4 heteroatoms. The van der Waals surface area contributed by atoms with Crippen LogP contribution in [0.5, 0.6) is 0 Å². The van der Waals surface area contributed by atoms with E-state index in [0.29, 0.717) is 19.6 Å². The second-order valence-electron chi connectivity index (χ2n) is 2.31. The number of esters is 1. The average Bonchev–Trinajstić information content (AvgIpc) is 1.85. The van der Waals surface area contributed by atoms with Gasteiger partial charge in [0.2, 0.25) is 0 Å². The fraction of sp³-hybridized carbons (Fsp3) is 0.833. The molecule has 0 radical (unpaired) electrons. The molecule has 1 unspecified atom stereocenters. The van der Waals surface area contributed by atoms with Crippen molar-refractivity contribution in [1.29, 1.82) is 0 Å². The predicted octanol–water partition coefficient (Wildman–Crippen LogP) is -1.30. The monoisotopic (exact) mass is 145 g/mol. The molecule has 0 aromatic heterocycles. The molecule has 1 heterocycles. The minimum absolute atomic E-state index is 0.0263. The molecule has 1 rings (SSSR count). The predicted molar refractivity (Wildman–Crippen MR) is 34.2 cm³/mol. The van der Waals surface area contributed by atoms with Gasteiger partial charge in [0.25, 0.3) is 0 Å². The minimum atomic E-state index is -0.431. The second kappa shape index (κ2) is 2.98. The van der Waals surface area contributed by atoms with E-state index in [4.69, 9.17) is 0 Å². The third-order valence-electron chi connectivity index (χ3n) is 1.64. The van der Waals surface area contributed by atoms with Gasteiger partial charge in [0.1, 0.15) is 0 Å². The molecular weight excluding hydrogens is 134 g/mol. The van der Waals surface area contributed by atoms with Crippen LogP contribution in [0.3, 0.4) is 0 Å². The van der Waals surface area contributed by atoms with E-state index >= 15 is 0 Å². The molecule has 1 saturated heterocycles. The summed E-state index contributed by atoms with van der Waals surface area (Å²) in [6, 6.07) is -0.431. The summed E-state index contributed by atoms with van der Waals surface area (Å²) in [7, 11) is 0. The highest BCUT2D eigenvalue weighted by atomic mass is 16.6. The van der Waals surface area contributed by atoms with Gasteiger partial charge in [-0.25, -0.2) is 4.79 Å². The van der Waals surface area contributed by atoms with Gasteiger partial charge in [0, 0.05) is 0 Å². The Balaban J connectivity index is 2.27. The maximum absolute atomic E-state index is 10.8. The SMILES string of the molecule is CCOC(=O)[C@@H]1CC[NH+]1[O-]. The Morgan fingerprint density at radius 1 is 1.90 bits per heavy atom. The molecule has 0 aromatic carbocycles. The van der Waals surface area contributed by atoms with E-state index in [9.17, 15) is 10.0 Å². The Hall–Kier alpha value is -0.610. The zero-order valence-electron chi connectivity index (χ0n) is 5.92.